The summed E-state index contributed by atoms with van der Waals surface area (Å²) in [6.45, 7) is 4.28. The smallest absolute Gasteiger partial charge is 0.321 e. The van der Waals surface area contributed by atoms with Crippen LogP contribution in [0.3, 0.4) is 0 Å². The Morgan fingerprint density at radius 3 is 2.61 bits per heavy atom. The van der Waals surface area contributed by atoms with Gasteiger partial charge in [-0.25, -0.2) is 9.98 Å². The number of carbonyl (C=O) groups is 2. The summed E-state index contributed by atoms with van der Waals surface area (Å²) in [6.07, 6.45) is 1.74. The molecule has 2 atom stereocenters. The Labute approximate surface area is 190 Å². The maximum absolute atomic E-state index is 13.0. The van der Waals surface area contributed by atoms with Gasteiger partial charge in [-0.05, 0) is 24.6 Å². The highest BCUT2D eigenvalue weighted by Gasteiger charge is 2.42. The number of anilines is 1. The highest BCUT2D eigenvalue weighted by Crippen LogP contribution is 2.32. The Bertz CT molecular complexity index is 1070. The summed E-state index contributed by atoms with van der Waals surface area (Å²) in [4.78, 5) is 49.4. The van der Waals surface area contributed by atoms with Crippen LogP contribution in [0, 0.1) is 16.0 Å². The van der Waals surface area contributed by atoms with E-state index in [1.54, 1.807) is 19.2 Å². The number of benzene rings is 1. The lowest BCUT2D eigenvalue weighted by Crippen LogP contribution is -2.57. The monoisotopic (exact) mass is 452 g/mol. The predicted octanol–water partition coefficient (Wildman–Crippen LogP) is 1.52. The van der Waals surface area contributed by atoms with Gasteiger partial charge in [-0.2, -0.15) is 0 Å². The van der Waals surface area contributed by atoms with E-state index in [9.17, 15) is 19.7 Å². The average Bonchev–Trinajstić information content (AvgIpc) is 2.84. The van der Waals surface area contributed by atoms with Gasteiger partial charge >= 0.3 is 5.97 Å². The maximum Gasteiger partial charge on any atom is 0.321 e. The van der Waals surface area contributed by atoms with E-state index in [0.29, 0.717) is 37.7 Å². The number of ether oxygens (including phenoxy) is 1. The number of esters is 1. The molecular formula is C22H24N6O5. The van der Waals surface area contributed by atoms with Crippen LogP contribution in [0.2, 0.25) is 0 Å². The zero-order chi connectivity index (χ0) is 23.4. The Morgan fingerprint density at radius 1 is 1.18 bits per heavy atom. The topological polar surface area (TPSA) is 130 Å². The summed E-state index contributed by atoms with van der Waals surface area (Å²) in [5.74, 6) is -1.26. The lowest BCUT2D eigenvalue weighted by Gasteiger charge is -2.39. The molecule has 1 aromatic carbocycles. The number of nitro groups is 1. The fourth-order valence-electron chi connectivity index (χ4n) is 3.98. The molecule has 1 N–H and O–H groups in total. The van der Waals surface area contributed by atoms with Crippen LogP contribution in [0.1, 0.15) is 18.5 Å². The minimum atomic E-state index is -1.23. The van der Waals surface area contributed by atoms with E-state index in [1.165, 1.54) is 18.2 Å². The van der Waals surface area contributed by atoms with Gasteiger partial charge in [-0.15, -0.1) is 0 Å². The number of amides is 1. The van der Waals surface area contributed by atoms with E-state index in [4.69, 9.17) is 4.74 Å². The molecule has 0 unspecified atom stereocenters. The number of aromatic nitrogens is 1. The number of nitrogens with one attached hydrogen (secondary N) is 1. The summed E-state index contributed by atoms with van der Waals surface area (Å²) >= 11 is 0. The second-order valence-corrected chi connectivity index (χ2v) is 7.63. The zero-order valence-corrected chi connectivity index (χ0v) is 18.1. The molecule has 3 heterocycles. The first-order valence-corrected chi connectivity index (χ1v) is 10.7. The molecular weight excluding hydrogens is 428 g/mol. The number of piperazine rings is 1. The molecule has 4 rings (SSSR count). The van der Waals surface area contributed by atoms with Crippen molar-refractivity contribution in [1.82, 2.24) is 15.2 Å². The SMILES string of the molecule is CCOC(=O)[C@H]1C(=O)NC(N2CCN(c3ccccn3)CC2)=N[C@@H]1c1cccc([N+](=O)[O-])c1. The van der Waals surface area contributed by atoms with Gasteiger partial charge in [0.2, 0.25) is 11.9 Å². The molecule has 172 valence electrons. The number of hydrogen-bond donors (Lipinski definition) is 1. The molecule has 11 nitrogen and oxygen atoms in total. The van der Waals surface area contributed by atoms with Gasteiger partial charge in [0, 0.05) is 44.5 Å². The van der Waals surface area contributed by atoms with Crippen molar-refractivity contribution in [2.45, 2.75) is 13.0 Å². The number of nitrogens with zero attached hydrogens (tertiary/aromatic N) is 5. The van der Waals surface area contributed by atoms with Gasteiger partial charge in [0.15, 0.2) is 5.92 Å². The van der Waals surface area contributed by atoms with Crippen molar-refractivity contribution in [1.29, 1.82) is 0 Å². The quantitative estimate of drug-likeness (QED) is 0.313. The molecule has 0 radical (unpaired) electrons. The van der Waals surface area contributed by atoms with Crippen LogP contribution < -0.4 is 10.2 Å². The molecule has 11 heteroatoms. The molecule has 1 saturated heterocycles. The summed E-state index contributed by atoms with van der Waals surface area (Å²) in [7, 11) is 0. The predicted molar refractivity (Wildman–Crippen MR) is 120 cm³/mol. The fraction of sp³-hybridized carbons (Fsp3) is 0.364. The van der Waals surface area contributed by atoms with Crippen LogP contribution in [0.4, 0.5) is 11.5 Å². The van der Waals surface area contributed by atoms with E-state index in [2.05, 4.69) is 20.2 Å². The van der Waals surface area contributed by atoms with Crippen LogP contribution in [0.15, 0.2) is 53.7 Å². The Kier molecular flexibility index (Phi) is 6.48. The van der Waals surface area contributed by atoms with E-state index in [0.717, 1.165) is 5.82 Å². The first-order chi connectivity index (χ1) is 16.0. The van der Waals surface area contributed by atoms with Crippen LogP contribution in [-0.2, 0) is 14.3 Å². The largest absolute Gasteiger partial charge is 0.465 e. The molecule has 2 aliphatic rings. The normalized spacial score (nSPS) is 20.6. The van der Waals surface area contributed by atoms with Crippen molar-refractivity contribution in [3.05, 3.63) is 64.3 Å². The first kappa shape index (κ1) is 22.2. The summed E-state index contributed by atoms with van der Waals surface area (Å²) < 4.78 is 5.09. The number of non-ortho nitro benzene ring substituents is 1. The molecule has 1 aromatic heterocycles. The van der Waals surface area contributed by atoms with Crippen LogP contribution in [0.25, 0.3) is 0 Å². The van der Waals surface area contributed by atoms with Crippen LogP contribution in [-0.4, -0.2) is 65.4 Å². The summed E-state index contributed by atoms with van der Waals surface area (Å²) in [5.41, 5.74) is 0.267. The molecule has 0 saturated carbocycles. The minimum Gasteiger partial charge on any atom is -0.465 e. The van der Waals surface area contributed by atoms with Gasteiger partial charge in [-0.1, -0.05) is 18.2 Å². The number of hydrogen-bond acceptors (Lipinski definition) is 9. The van der Waals surface area contributed by atoms with E-state index >= 15 is 0 Å². The summed E-state index contributed by atoms with van der Waals surface area (Å²) in [5, 5.41) is 14.0. The molecule has 2 aromatic rings. The molecule has 33 heavy (non-hydrogen) atoms. The average molecular weight is 452 g/mol. The van der Waals surface area contributed by atoms with Crippen molar-refractivity contribution < 1.29 is 19.2 Å². The highest BCUT2D eigenvalue weighted by atomic mass is 16.6. The van der Waals surface area contributed by atoms with Crippen molar-refractivity contribution in [2.75, 3.05) is 37.7 Å². The lowest BCUT2D eigenvalue weighted by molar-refractivity contribution is -0.384. The molecule has 2 aliphatic heterocycles. The third-order valence-electron chi connectivity index (χ3n) is 5.61. The third-order valence-corrected chi connectivity index (χ3v) is 5.61. The number of rotatable bonds is 5. The van der Waals surface area contributed by atoms with Crippen molar-refractivity contribution >= 4 is 29.3 Å². The van der Waals surface area contributed by atoms with Gasteiger partial charge in [0.25, 0.3) is 5.69 Å². The number of pyridine rings is 1. The van der Waals surface area contributed by atoms with Crippen molar-refractivity contribution in [3.8, 4) is 0 Å². The Morgan fingerprint density at radius 2 is 1.94 bits per heavy atom. The first-order valence-electron chi connectivity index (χ1n) is 10.7. The molecule has 1 amide bonds. The number of aliphatic imine (C=N–C) groups is 1. The van der Waals surface area contributed by atoms with Crippen molar-refractivity contribution in [2.24, 2.45) is 10.9 Å². The second-order valence-electron chi connectivity index (χ2n) is 7.63. The third kappa shape index (κ3) is 4.76. The van der Waals surface area contributed by atoms with Crippen LogP contribution in [0.5, 0.6) is 0 Å². The van der Waals surface area contributed by atoms with Gasteiger partial charge in [0.05, 0.1) is 11.5 Å². The molecule has 0 bridgehead atoms. The highest BCUT2D eigenvalue weighted by molar-refractivity contribution is 6.08. The van der Waals surface area contributed by atoms with Gasteiger partial charge in [-0.3, -0.25) is 25.0 Å². The van der Waals surface area contributed by atoms with Gasteiger partial charge in [0.1, 0.15) is 11.9 Å². The molecule has 1 fully saturated rings. The number of carbonyl (C=O) groups excluding carboxylic acids is 2. The minimum absolute atomic E-state index is 0.107. The number of guanidine groups is 1. The molecule has 0 spiro atoms. The van der Waals surface area contributed by atoms with E-state index < -0.39 is 28.8 Å². The summed E-state index contributed by atoms with van der Waals surface area (Å²) in [6, 6.07) is 10.6. The fourth-order valence-corrected chi connectivity index (χ4v) is 3.98. The number of nitro benzene ring substituents is 1. The Hall–Kier alpha value is -4.02. The van der Waals surface area contributed by atoms with Crippen LogP contribution >= 0.6 is 0 Å². The van der Waals surface area contributed by atoms with Gasteiger partial charge < -0.3 is 14.5 Å². The Balaban J connectivity index is 1.60. The standard InChI is InChI=1S/C22H24N6O5/c1-2-33-21(30)18-19(15-6-5-7-16(14-15)28(31)32)24-22(25-20(18)29)27-12-10-26(11-13-27)17-8-3-4-9-23-17/h3-9,14,18-19H,2,10-13H2,1H3,(H,24,25,29)/t18-,19-/m1/s1. The molecule has 0 aliphatic carbocycles. The van der Waals surface area contributed by atoms with E-state index in [1.807, 2.05) is 23.1 Å². The van der Waals surface area contributed by atoms with E-state index in [-0.39, 0.29) is 12.3 Å². The second kappa shape index (κ2) is 9.63. The maximum atomic E-state index is 13.0. The van der Waals surface area contributed by atoms with Crippen molar-refractivity contribution in [3.63, 3.8) is 0 Å². The lowest BCUT2D eigenvalue weighted by atomic mass is 9.91. The zero-order valence-electron chi connectivity index (χ0n) is 18.1.